The Kier molecular flexibility index (Phi) is 14.1. The molecule has 0 saturated carbocycles. The fourth-order valence-corrected chi connectivity index (χ4v) is 5.01. The van der Waals surface area contributed by atoms with Crippen LogP contribution in [0.1, 0.15) is 72.8 Å². The Hall–Kier alpha value is -5.28. The number of aromatic nitrogens is 3. The molecule has 3 aromatic rings. The van der Waals surface area contributed by atoms with Crippen LogP contribution in [0.2, 0.25) is 0 Å². The lowest BCUT2D eigenvalue weighted by Gasteiger charge is -2.17. The number of benzene rings is 2. The molecule has 0 saturated heterocycles. The van der Waals surface area contributed by atoms with E-state index in [1.54, 1.807) is 12.1 Å². The largest absolute Gasteiger partial charge is 0.494 e. The molecule has 1 amide bonds. The predicted octanol–water partition coefficient (Wildman–Crippen LogP) is 4.80. The standard InChI is InChI=1S/C35H40F3N5O8/c1-3-27(44)31(46)39-20-24(32(47)48-2)18-28(45)26-13-10-23-16-29(26)50-15-7-5-4-6-14-49-25-11-8-22(9-12-25)19-40-33-41-30(17-23)42-34(43-33)51-21-35(36,37)38/h8-13,16,24H,3-7,14-15,17-21H2,1-2H3,(H,39,46)(H,40,41,42,43)/t24-/m0/s1. The van der Waals surface area contributed by atoms with Crippen molar-refractivity contribution in [1.29, 1.82) is 0 Å². The van der Waals surface area contributed by atoms with Gasteiger partial charge in [0, 0.05) is 32.4 Å². The number of rotatable bonds is 10. The van der Waals surface area contributed by atoms with Crippen molar-refractivity contribution in [2.75, 3.05) is 38.8 Å². The first-order valence-corrected chi connectivity index (χ1v) is 16.5. The quantitative estimate of drug-likeness (QED) is 0.167. The van der Waals surface area contributed by atoms with Crippen LogP contribution in [-0.2, 0) is 32.1 Å². The van der Waals surface area contributed by atoms with E-state index in [-0.39, 0.29) is 62.0 Å². The number of fused-ring (bicyclic) bond motifs is 10. The van der Waals surface area contributed by atoms with Crippen molar-refractivity contribution in [2.45, 2.75) is 64.6 Å². The summed E-state index contributed by atoms with van der Waals surface area (Å²) in [6.45, 7) is 0.664. The van der Waals surface area contributed by atoms with Gasteiger partial charge in [0.2, 0.25) is 11.7 Å². The Morgan fingerprint density at radius 3 is 2.33 bits per heavy atom. The van der Waals surface area contributed by atoms with E-state index >= 15 is 0 Å². The highest BCUT2D eigenvalue weighted by atomic mass is 19.4. The Balaban J connectivity index is 1.62. The Bertz CT molecular complexity index is 1670. The lowest BCUT2D eigenvalue weighted by Crippen LogP contribution is -2.38. The first-order valence-electron chi connectivity index (χ1n) is 16.5. The van der Waals surface area contributed by atoms with Crippen LogP contribution in [0.5, 0.6) is 17.5 Å². The first kappa shape index (κ1) is 38.5. The second-order valence-corrected chi connectivity index (χ2v) is 11.7. The number of halogens is 3. The van der Waals surface area contributed by atoms with Gasteiger partial charge in [0.25, 0.3) is 5.91 Å². The van der Waals surface area contributed by atoms with Gasteiger partial charge in [0.05, 0.1) is 31.8 Å². The number of esters is 1. The van der Waals surface area contributed by atoms with Crippen LogP contribution in [0.15, 0.2) is 42.5 Å². The topological polar surface area (TPSA) is 168 Å². The number of carbonyl (C=O) groups is 4. The molecule has 0 unspecified atom stereocenters. The molecule has 51 heavy (non-hydrogen) atoms. The van der Waals surface area contributed by atoms with Gasteiger partial charge >= 0.3 is 18.2 Å². The van der Waals surface area contributed by atoms with Crippen molar-refractivity contribution in [3.8, 4) is 17.5 Å². The predicted molar refractivity (Wildman–Crippen MR) is 177 cm³/mol. The molecule has 1 atom stereocenters. The number of Topliss-reactive ketones (excluding diaryl/α,β-unsaturated/α-hetero) is 2. The number of carbonyl (C=O) groups excluding carboxylic acids is 4. The fourth-order valence-electron chi connectivity index (χ4n) is 5.01. The maximum absolute atomic E-state index is 13.6. The summed E-state index contributed by atoms with van der Waals surface area (Å²) >= 11 is 0. The molecule has 2 aliphatic heterocycles. The fraction of sp³-hybridized carbons (Fsp3) is 0.457. The van der Waals surface area contributed by atoms with Gasteiger partial charge < -0.3 is 29.6 Å². The number of hydrogen-bond donors (Lipinski definition) is 2. The summed E-state index contributed by atoms with van der Waals surface area (Å²) in [6.07, 6.45) is -1.80. The molecule has 274 valence electrons. The molecule has 5 rings (SSSR count). The molecule has 0 fully saturated rings. The molecule has 0 spiro atoms. The minimum absolute atomic E-state index is 0.00626. The van der Waals surface area contributed by atoms with Gasteiger partial charge in [-0.25, -0.2) is 0 Å². The van der Waals surface area contributed by atoms with Crippen molar-refractivity contribution >= 4 is 29.4 Å². The average Bonchev–Trinajstić information content (AvgIpc) is 3.11. The lowest BCUT2D eigenvalue weighted by atomic mass is 9.96. The van der Waals surface area contributed by atoms with Gasteiger partial charge in [-0.15, -0.1) is 0 Å². The summed E-state index contributed by atoms with van der Waals surface area (Å²) in [6, 6.07) is 11.6. The minimum Gasteiger partial charge on any atom is -0.494 e. The van der Waals surface area contributed by atoms with Crippen molar-refractivity contribution in [1.82, 2.24) is 20.3 Å². The van der Waals surface area contributed by atoms with Gasteiger partial charge in [-0.1, -0.05) is 25.1 Å². The van der Waals surface area contributed by atoms with Gasteiger partial charge in [-0.05, 0) is 61.1 Å². The zero-order valence-corrected chi connectivity index (χ0v) is 28.3. The number of methoxy groups -OCH3 is 1. The molecule has 1 aromatic heterocycles. The van der Waals surface area contributed by atoms with Crippen molar-refractivity contribution in [2.24, 2.45) is 5.92 Å². The van der Waals surface area contributed by atoms with Crippen LogP contribution in [-0.4, -0.2) is 78.0 Å². The van der Waals surface area contributed by atoms with Crippen molar-refractivity contribution in [3.05, 3.63) is 65.0 Å². The second kappa shape index (κ2) is 18.6. The highest BCUT2D eigenvalue weighted by molar-refractivity contribution is 6.36. The van der Waals surface area contributed by atoms with Gasteiger partial charge in [-0.3, -0.25) is 19.2 Å². The molecule has 2 aliphatic rings. The third kappa shape index (κ3) is 12.5. The monoisotopic (exact) mass is 715 g/mol. The van der Waals surface area contributed by atoms with Crippen LogP contribution in [0.3, 0.4) is 0 Å². The normalized spacial score (nSPS) is 14.4. The van der Waals surface area contributed by atoms with Crippen LogP contribution >= 0.6 is 0 Å². The summed E-state index contributed by atoms with van der Waals surface area (Å²) < 4.78 is 60.5. The summed E-state index contributed by atoms with van der Waals surface area (Å²) in [7, 11) is 1.15. The summed E-state index contributed by atoms with van der Waals surface area (Å²) in [5.41, 5.74) is 1.57. The van der Waals surface area contributed by atoms with E-state index in [2.05, 4.69) is 25.6 Å². The lowest BCUT2D eigenvalue weighted by molar-refractivity contribution is -0.154. The van der Waals surface area contributed by atoms with E-state index in [0.29, 0.717) is 24.3 Å². The molecule has 6 bridgehead atoms. The first-order chi connectivity index (χ1) is 24.4. The zero-order valence-electron chi connectivity index (χ0n) is 28.3. The number of anilines is 1. The van der Waals surface area contributed by atoms with Gasteiger partial charge in [-0.2, -0.15) is 28.1 Å². The maximum Gasteiger partial charge on any atom is 0.422 e. The second-order valence-electron chi connectivity index (χ2n) is 11.7. The molecule has 16 heteroatoms. The van der Waals surface area contributed by atoms with Gasteiger partial charge in [0.15, 0.2) is 12.4 Å². The number of ether oxygens (including phenoxy) is 4. The third-order valence-corrected chi connectivity index (χ3v) is 7.72. The summed E-state index contributed by atoms with van der Waals surface area (Å²) in [5, 5.41) is 5.39. The maximum atomic E-state index is 13.6. The molecule has 3 heterocycles. The zero-order chi connectivity index (χ0) is 36.8. The highest BCUT2D eigenvalue weighted by Gasteiger charge is 2.30. The SMILES string of the molecule is CCC(=O)C(=O)NC[C@H](CC(=O)c1ccc2cc1OCCCCCCOc1ccc(cc1)CNc1nc(nc(OCC(F)(F)F)n1)C2)C(=O)OC. The molecular formula is C35H40F3N5O8. The Morgan fingerprint density at radius 2 is 1.65 bits per heavy atom. The van der Waals surface area contributed by atoms with Crippen molar-refractivity contribution < 1.29 is 51.3 Å². The van der Waals surface area contributed by atoms with E-state index in [9.17, 15) is 32.3 Å². The molecule has 0 radical (unpaired) electrons. The highest BCUT2D eigenvalue weighted by Crippen LogP contribution is 2.26. The van der Waals surface area contributed by atoms with Gasteiger partial charge in [0.1, 0.15) is 17.3 Å². The number of nitrogens with zero attached hydrogens (tertiary/aromatic N) is 3. The average molecular weight is 716 g/mol. The van der Waals surface area contributed by atoms with Crippen LogP contribution in [0, 0.1) is 5.92 Å². The summed E-state index contributed by atoms with van der Waals surface area (Å²) in [5.74, 6) is -2.85. The smallest absolute Gasteiger partial charge is 0.422 e. The number of alkyl halides is 3. The number of amides is 1. The van der Waals surface area contributed by atoms with Crippen molar-refractivity contribution in [3.63, 3.8) is 0 Å². The number of nitrogens with one attached hydrogen (secondary N) is 2. The van der Waals surface area contributed by atoms with E-state index in [0.717, 1.165) is 31.9 Å². The molecule has 2 aromatic carbocycles. The van der Waals surface area contributed by atoms with Crippen LogP contribution in [0.4, 0.5) is 19.1 Å². The molecule has 13 nitrogen and oxygen atoms in total. The Labute approximate surface area is 292 Å². The van der Waals surface area contributed by atoms with Crippen LogP contribution < -0.4 is 24.8 Å². The third-order valence-electron chi connectivity index (χ3n) is 7.72. The molecular weight excluding hydrogens is 675 g/mol. The van der Waals surface area contributed by atoms with E-state index in [1.165, 1.54) is 13.0 Å². The Morgan fingerprint density at radius 1 is 0.941 bits per heavy atom. The number of hydrogen-bond acceptors (Lipinski definition) is 12. The van der Waals surface area contributed by atoms with E-state index in [1.807, 2.05) is 24.3 Å². The molecule has 0 aliphatic carbocycles. The summed E-state index contributed by atoms with van der Waals surface area (Å²) in [4.78, 5) is 62.4. The van der Waals surface area contributed by atoms with E-state index in [4.69, 9.17) is 18.9 Å². The molecule has 2 N–H and O–H groups in total. The number of ketones is 2. The van der Waals surface area contributed by atoms with E-state index < -0.39 is 48.2 Å². The van der Waals surface area contributed by atoms with Crippen LogP contribution in [0.25, 0.3) is 0 Å². The minimum atomic E-state index is -4.62.